The third-order valence-electron chi connectivity index (χ3n) is 4.91. The Labute approximate surface area is 168 Å². The van der Waals surface area contributed by atoms with Gasteiger partial charge in [0.05, 0.1) is 11.1 Å². The van der Waals surface area contributed by atoms with Crippen molar-refractivity contribution in [2.24, 2.45) is 0 Å². The van der Waals surface area contributed by atoms with Crippen LogP contribution in [0.5, 0.6) is 0 Å². The SMILES string of the molecule is CC(Sc1cc(Cl)ccc1Cl)C1CNCCN1c1cccc2[nH]ccc12. The first-order valence-corrected chi connectivity index (χ1v) is 10.4. The topological polar surface area (TPSA) is 31.1 Å². The summed E-state index contributed by atoms with van der Waals surface area (Å²) in [4.78, 5) is 6.89. The van der Waals surface area contributed by atoms with Crippen molar-refractivity contribution in [2.45, 2.75) is 23.1 Å². The number of benzene rings is 2. The number of thioether (sulfide) groups is 1. The van der Waals surface area contributed by atoms with E-state index in [1.807, 2.05) is 24.4 Å². The van der Waals surface area contributed by atoms with Crippen LogP contribution in [-0.2, 0) is 0 Å². The van der Waals surface area contributed by atoms with E-state index in [1.165, 1.54) is 16.6 Å². The van der Waals surface area contributed by atoms with Crippen LogP contribution in [0, 0.1) is 0 Å². The van der Waals surface area contributed by atoms with Crippen LogP contribution in [0.1, 0.15) is 6.92 Å². The lowest BCUT2D eigenvalue weighted by atomic mass is 10.1. The van der Waals surface area contributed by atoms with E-state index in [0.717, 1.165) is 34.6 Å². The predicted octanol–water partition coefficient (Wildman–Crippen LogP) is 5.43. The molecular weight excluding hydrogens is 385 g/mol. The van der Waals surface area contributed by atoms with E-state index in [1.54, 1.807) is 11.8 Å². The summed E-state index contributed by atoms with van der Waals surface area (Å²) < 4.78 is 0. The minimum Gasteiger partial charge on any atom is -0.364 e. The Bertz CT molecular complexity index is 911. The van der Waals surface area contributed by atoms with Crippen LogP contribution in [0.4, 0.5) is 5.69 Å². The Kier molecular flexibility index (Phi) is 5.37. The largest absolute Gasteiger partial charge is 0.364 e. The van der Waals surface area contributed by atoms with Crippen molar-refractivity contribution in [1.82, 2.24) is 10.3 Å². The van der Waals surface area contributed by atoms with Crippen molar-refractivity contribution in [3.63, 3.8) is 0 Å². The number of anilines is 1. The molecule has 1 aromatic heterocycles. The molecule has 0 saturated carbocycles. The number of halogens is 2. The maximum absolute atomic E-state index is 6.38. The molecule has 0 radical (unpaired) electrons. The van der Waals surface area contributed by atoms with Crippen molar-refractivity contribution in [2.75, 3.05) is 24.5 Å². The summed E-state index contributed by atoms with van der Waals surface area (Å²) in [5, 5.41) is 6.66. The smallest absolute Gasteiger partial charge is 0.0543 e. The van der Waals surface area contributed by atoms with E-state index >= 15 is 0 Å². The Morgan fingerprint density at radius 1 is 1.19 bits per heavy atom. The van der Waals surface area contributed by atoms with Crippen molar-refractivity contribution >= 4 is 51.6 Å². The lowest BCUT2D eigenvalue weighted by Gasteiger charge is -2.41. The van der Waals surface area contributed by atoms with Gasteiger partial charge in [0.2, 0.25) is 0 Å². The van der Waals surface area contributed by atoms with E-state index in [9.17, 15) is 0 Å². The van der Waals surface area contributed by atoms with E-state index in [4.69, 9.17) is 23.2 Å². The first-order chi connectivity index (χ1) is 12.6. The van der Waals surface area contributed by atoms with Crippen molar-refractivity contribution in [3.8, 4) is 0 Å². The fraction of sp³-hybridized carbons (Fsp3) is 0.300. The second-order valence-corrected chi connectivity index (χ2v) is 8.84. The Balaban J connectivity index is 1.63. The highest BCUT2D eigenvalue weighted by Crippen LogP contribution is 2.37. The van der Waals surface area contributed by atoms with Gasteiger partial charge in [0, 0.05) is 57.6 Å². The number of fused-ring (bicyclic) bond motifs is 1. The summed E-state index contributed by atoms with van der Waals surface area (Å²) in [7, 11) is 0. The number of H-pyrrole nitrogens is 1. The molecule has 2 aromatic carbocycles. The molecule has 2 atom stereocenters. The molecule has 2 N–H and O–H groups in total. The Morgan fingerprint density at radius 2 is 2.08 bits per heavy atom. The second-order valence-electron chi connectivity index (χ2n) is 6.58. The quantitative estimate of drug-likeness (QED) is 0.567. The van der Waals surface area contributed by atoms with E-state index < -0.39 is 0 Å². The number of hydrogen-bond donors (Lipinski definition) is 2. The standard InChI is InChI=1S/C20H21Cl2N3S/c1-13(26-20-11-14(21)5-6-16(20)22)19-12-23-9-10-25(19)18-4-2-3-17-15(18)7-8-24-17/h2-8,11,13,19,23-24H,9-10,12H2,1H3. The summed E-state index contributed by atoms with van der Waals surface area (Å²) in [6.07, 6.45) is 2.01. The van der Waals surface area contributed by atoms with Gasteiger partial charge in [0.1, 0.15) is 0 Å². The summed E-state index contributed by atoms with van der Waals surface area (Å²) >= 11 is 14.3. The Morgan fingerprint density at radius 3 is 2.96 bits per heavy atom. The fourth-order valence-electron chi connectivity index (χ4n) is 3.61. The zero-order chi connectivity index (χ0) is 18.1. The first-order valence-electron chi connectivity index (χ1n) is 8.78. The van der Waals surface area contributed by atoms with Gasteiger partial charge < -0.3 is 15.2 Å². The maximum atomic E-state index is 6.38. The molecular formula is C20H21Cl2N3S. The zero-order valence-corrected chi connectivity index (χ0v) is 16.8. The zero-order valence-electron chi connectivity index (χ0n) is 14.5. The Hall–Kier alpha value is -1.33. The molecule has 3 aromatic rings. The molecule has 1 fully saturated rings. The molecule has 3 nitrogen and oxygen atoms in total. The third kappa shape index (κ3) is 3.56. The number of aromatic amines is 1. The average Bonchev–Trinajstić information content (AvgIpc) is 3.13. The van der Waals surface area contributed by atoms with Crippen LogP contribution in [0.15, 0.2) is 53.6 Å². The van der Waals surface area contributed by atoms with Gasteiger partial charge in [-0.1, -0.05) is 36.2 Å². The predicted molar refractivity (Wildman–Crippen MR) is 114 cm³/mol. The molecule has 0 aliphatic carbocycles. The van der Waals surface area contributed by atoms with Gasteiger partial charge in [0.15, 0.2) is 0 Å². The number of aromatic nitrogens is 1. The third-order valence-corrected chi connectivity index (χ3v) is 6.87. The van der Waals surface area contributed by atoms with Gasteiger partial charge in [-0.3, -0.25) is 0 Å². The highest BCUT2D eigenvalue weighted by Gasteiger charge is 2.29. The number of hydrogen-bond acceptors (Lipinski definition) is 3. The monoisotopic (exact) mass is 405 g/mol. The summed E-state index contributed by atoms with van der Waals surface area (Å²) in [5.74, 6) is 0. The summed E-state index contributed by atoms with van der Waals surface area (Å²) in [5.41, 5.74) is 2.47. The van der Waals surface area contributed by atoms with Crippen molar-refractivity contribution in [1.29, 1.82) is 0 Å². The van der Waals surface area contributed by atoms with Gasteiger partial charge in [-0.25, -0.2) is 0 Å². The van der Waals surface area contributed by atoms with Crippen LogP contribution < -0.4 is 10.2 Å². The van der Waals surface area contributed by atoms with Gasteiger partial charge in [-0.2, -0.15) is 0 Å². The van der Waals surface area contributed by atoms with Gasteiger partial charge in [-0.05, 0) is 36.4 Å². The molecule has 0 bridgehead atoms. The molecule has 26 heavy (non-hydrogen) atoms. The highest BCUT2D eigenvalue weighted by atomic mass is 35.5. The van der Waals surface area contributed by atoms with Crippen LogP contribution >= 0.6 is 35.0 Å². The van der Waals surface area contributed by atoms with Gasteiger partial charge in [0.25, 0.3) is 0 Å². The van der Waals surface area contributed by atoms with E-state index in [-0.39, 0.29) is 0 Å². The molecule has 2 unspecified atom stereocenters. The molecule has 1 saturated heterocycles. The van der Waals surface area contributed by atoms with Gasteiger partial charge >= 0.3 is 0 Å². The normalized spacial score (nSPS) is 19.0. The van der Waals surface area contributed by atoms with Crippen LogP contribution in [0.2, 0.25) is 10.0 Å². The highest BCUT2D eigenvalue weighted by molar-refractivity contribution is 8.00. The van der Waals surface area contributed by atoms with Crippen molar-refractivity contribution < 1.29 is 0 Å². The fourth-order valence-corrected chi connectivity index (χ4v) is 5.27. The molecule has 0 spiro atoms. The van der Waals surface area contributed by atoms with Gasteiger partial charge in [-0.15, -0.1) is 11.8 Å². The van der Waals surface area contributed by atoms with Crippen LogP contribution in [0.3, 0.4) is 0 Å². The van der Waals surface area contributed by atoms with E-state index in [2.05, 4.69) is 46.4 Å². The summed E-state index contributed by atoms with van der Waals surface area (Å²) in [6.45, 7) is 5.20. The number of rotatable bonds is 4. The van der Waals surface area contributed by atoms with E-state index in [0.29, 0.717) is 11.3 Å². The molecule has 4 rings (SSSR count). The molecule has 0 amide bonds. The minimum absolute atomic E-state index is 0.355. The average molecular weight is 406 g/mol. The summed E-state index contributed by atoms with van der Waals surface area (Å²) in [6, 6.07) is 14.7. The lowest BCUT2D eigenvalue weighted by molar-refractivity contribution is 0.474. The minimum atomic E-state index is 0.355. The van der Waals surface area contributed by atoms with Crippen molar-refractivity contribution in [3.05, 3.63) is 58.7 Å². The maximum Gasteiger partial charge on any atom is 0.0543 e. The molecule has 136 valence electrons. The van der Waals surface area contributed by atoms with Crippen LogP contribution in [0.25, 0.3) is 10.9 Å². The lowest BCUT2D eigenvalue weighted by Crippen LogP contribution is -2.55. The molecule has 6 heteroatoms. The van der Waals surface area contributed by atoms with Crippen LogP contribution in [-0.4, -0.2) is 35.9 Å². The first kappa shape index (κ1) is 18.1. The second kappa shape index (κ2) is 7.73. The number of nitrogens with one attached hydrogen (secondary N) is 2. The number of piperazine rings is 1. The number of nitrogens with zero attached hydrogens (tertiary/aromatic N) is 1. The molecule has 1 aliphatic heterocycles. The molecule has 1 aliphatic rings. The molecule has 2 heterocycles.